The number of rotatable bonds is 2. The number of halogens is 6. The Labute approximate surface area is 129 Å². The molecule has 23 heavy (non-hydrogen) atoms. The summed E-state index contributed by atoms with van der Waals surface area (Å²) in [6, 6.07) is 7.40. The van der Waals surface area contributed by atoms with Gasteiger partial charge in [-0.05, 0) is 35.4 Å². The van der Waals surface area contributed by atoms with E-state index in [9.17, 15) is 26.3 Å². The van der Waals surface area contributed by atoms with Gasteiger partial charge >= 0.3 is 12.4 Å². The molecule has 0 radical (unpaired) electrons. The summed E-state index contributed by atoms with van der Waals surface area (Å²) in [5, 5.41) is 0. The third kappa shape index (κ3) is 3.60. The Kier molecular flexibility index (Phi) is 4.32. The topological polar surface area (TPSA) is 3.24 Å². The van der Waals surface area contributed by atoms with Gasteiger partial charge in [0.05, 0.1) is 11.1 Å². The number of alkyl halides is 6. The van der Waals surface area contributed by atoms with Crippen molar-refractivity contribution in [2.75, 3.05) is 19.0 Å². The number of benzene rings is 2. The van der Waals surface area contributed by atoms with E-state index in [1.165, 1.54) is 17.0 Å². The second kappa shape index (κ2) is 5.79. The molecule has 0 saturated heterocycles. The molecule has 7 heteroatoms. The van der Waals surface area contributed by atoms with Crippen molar-refractivity contribution in [3.8, 4) is 11.1 Å². The lowest BCUT2D eigenvalue weighted by molar-refractivity contribution is -0.139. The van der Waals surface area contributed by atoms with Crippen LogP contribution in [0.2, 0.25) is 0 Å². The Balaban J connectivity index is 2.79. The van der Waals surface area contributed by atoms with Gasteiger partial charge in [-0.25, -0.2) is 0 Å². The highest BCUT2D eigenvalue weighted by molar-refractivity contribution is 5.75. The summed E-state index contributed by atoms with van der Waals surface area (Å²) in [5.41, 5.74) is -2.79. The summed E-state index contributed by atoms with van der Waals surface area (Å²) in [6.45, 7) is 0. The number of nitrogens with zero attached hydrogens (tertiary/aromatic N) is 1. The molecule has 0 unspecified atom stereocenters. The quantitative estimate of drug-likeness (QED) is 0.660. The zero-order valence-corrected chi connectivity index (χ0v) is 12.3. The summed E-state index contributed by atoms with van der Waals surface area (Å²) < 4.78 is 79.0. The first-order chi connectivity index (χ1) is 10.5. The molecule has 0 atom stereocenters. The highest BCUT2D eigenvalue weighted by Crippen LogP contribution is 2.43. The Bertz CT molecular complexity index is 700. The van der Waals surface area contributed by atoms with Crippen LogP contribution < -0.4 is 4.90 Å². The van der Waals surface area contributed by atoms with E-state index in [4.69, 9.17) is 0 Å². The van der Waals surface area contributed by atoms with Crippen molar-refractivity contribution >= 4 is 5.69 Å². The average Bonchev–Trinajstić information content (AvgIpc) is 2.44. The number of hydrogen-bond acceptors (Lipinski definition) is 1. The van der Waals surface area contributed by atoms with E-state index in [2.05, 4.69) is 0 Å². The Morgan fingerprint density at radius 3 is 1.74 bits per heavy atom. The smallest absolute Gasteiger partial charge is 0.378 e. The Hall–Kier alpha value is -2.18. The molecule has 0 spiro atoms. The molecule has 0 aromatic heterocycles. The average molecular weight is 333 g/mol. The fourth-order valence-corrected chi connectivity index (χ4v) is 2.25. The van der Waals surface area contributed by atoms with Gasteiger partial charge in [-0.3, -0.25) is 0 Å². The third-order valence-electron chi connectivity index (χ3n) is 3.35. The van der Waals surface area contributed by atoms with Crippen LogP contribution in [0.25, 0.3) is 11.1 Å². The molecule has 0 heterocycles. The van der Waals surface area contributed by atoms with E-state index in [1.54, 1.807) is 14.1 Å². The first-order valence-electron chi connectivity index (χ1n) is 6.57. The van der Waals surface area contributed by atoms with E-state index in [0.29, 0.717) is 5.69 Å². The van der Waals surface area contributed by atoms with E-state index in [1.807, 2.05) is 0 Å². The Morgan fingerprint density at radius 2 is 1.22 bits per heavy atom. The van der Waals surface area contributed by atoms with Crippen molar-refractivity contribution in [3.63, 3.8) is 0 Å². The van der Waals surface area contributed by atoms with Crippen molar-refractivity contribution in [1.29, 1.82) is 0 Å². The van der Waals surface area contributed by atoms with Crippen LogP contribution in [-0.4, -0.2) is 14.1 Å². The molecule has 0 saturated carbocycles. The van der Waals surface area contributed by atoms with Gasteiger partial charge in [0.25, 0.3) is 0 Å². The highest BCUT2D eigenvalue weighted by atomic mass is 19.4. The van der Waals surface area contributed by atoms with Gasteiger partial charge in [0.1, 0.15) is 0 Å². The molecule has 124 valence electrons. The molecule has 0 bridgehead atoms. The van der Waals surface area contributed by atoms with E-state index >= 15 is 0 Å². The molecule has 0 N–H and O–H groups in total. The fourth-order valence-electron chi connectivity index (χ4n) is 2.25. The minimum Gasteiger partial charge on any atom is -0.378 e. The zero-order chi connectivity index (χ0) is 17.4. The maximum Gasteiger partial charge on any atom is 0.417 e. The summed E-state index contributed by atoms with van der Waals surface area (Å²) in [6.07, 6.45) is -9.49. The minimum absolute atomic E-state index is 0.380. The van der Waals surface area contributed by atoms with E-state index < -0.39 is 34.6 Å². The molecular weight excluding hydrogens is 320 g/mol. The van der Waals surface area contributed by atoms with Gasteiger partial charge in [-0.1, -0.05) is 18.2 Å². The van der Waals surface area contributed by atoms with Crippen LogP contribution >= 0.6 is 0 Å². The van der Waals surface area contributed by atoms with E-state index in [-0.39, 0.29) is 0 Å². The molecule has 0 fully saturated rings. The van der Waals surface area contributed by atoms with Crippen LogP contribution in [0, 0.1) is 0 Å². The first kappa shape index (κ1) is 17.2. The second-order valence-corrected chi connectivity index (χ2v) is 5.17. The summed E-state index contributed by atoms with van der Waals surface area (Å²) in [5.74, 6) is 0. The van der Waals surface area contributed by atoms with Crippen molar-refractivity contribution in [3.05, 3.63) is 53.6 Å². The molecule has 0 aliphatic carbocycles. The summed E-state index contributed by atoms with van der Waals surface area (Å²) >= 11 is 0. The minimum atomic E-state index is -4.75. The van der Waals surface area contributed by atoms with Crippen molar-refractivity contribution in [2.24, 2.45) is 0 Å². The normalized spacial score (nSPS) is 12.3. The van der Waals surface area contributed by atoms with Gasteiger partial charge in [0.15, 0.2) is 0 Å². The predicted octanol–water partition coefficient (Wildman–Crippen LogP) is 5.46. The van der Waals surface area contributed by atoms with Crippen LogP contribution in [0.5, 0.6) is 0 Å². The van der Waals surface area contributed by atoms with Gasteiger partial charge in [0, 0.05) is 19.8 Å². The molecule has 0 aliphatic rings. The van der Waals surface area contributed by atoms with Gasteiger partial charge in [-0.2, -0.15) is 26.3 Å². The summed E-state index contributed by atoms with van der Waals surface area (Å²) in [4.78, 5) is 1.53. The predicted molar refractivity (Wildman–Crippen MR) is 76.2 cm³/mol. The number of hydrogen-bond donors (Lipinski definition) is 0. The standard InChI is InChI=1S/C16H13F6N/c1-23(2)10-7-8-14(16(20,21)22)12(9-10)11-5-3-4-6-13(11)15(17,18)19/h3-9H,1-2H3. The van der Waals surface area contributed by atoms with Crippen molar-refractivity contribution < 1.29 is 26.3 Å². The van der Waals surface area contributed by atoms with Gasteiger partial charge in [-0.15, -0.1) is 0 Å². The first-order valence-corrected chi connectivity index (χ1v) is 6.57. The highest BCUT2D eigenvalue weighted by Gasteiger charge is 2.38. The molecule has 0 amide bonds. The fraction of sp³-hybridized carbons (Fsp3) is 0.250. The molecule has 0 aliphatic heterocycles. The molecular formula is C16H13F6N. The number of anilines is 1. The maximum absolute atomic E-state index is 13.2. The largest absolute Gasteiger partial charge is 0.417 e. The van der Waals surface area contributed by atoms with Crippen LogP contribution in [0.3, 0.4) is 0 Å². The summed E-state index contributed by atoms with van der Waals surface area (Å²) in [7, 11) is 3.20. The third-order valence-corrected chi connectivity index (χ3v) is 3.35. The van der Waals surface area contributed by atoms with Gasteiger partial charge < -0.3 is 4.90 Å². The van der Waals surface area contributed by atoms with Crippen molar-refractivity contribution in [1.82, 2.24) is 0 Å². The monoisotopic (exact) mass is 333 g/mol. The Morgan fingerprint density at radius 1 is 0.696 bits per heavy atom. The SMILES string of the molecule is CN(C)c1ccc(C(F)(F)F)c(-c2ccccc2C(F)(F)F)c1. The molecule has 2 aromatic rings. The molecule has 1 nitrogen and oxygen atoms in total. The van der Waals surface area contributed by atoms with Crippen LogP contribution in [0.1, 0.15) is 11.1 Å². The lowest BCUT2D eigenvalue weighted by Crippen LogP contribution is -2.13. The maximum atomic E-state index is 13.2. The lowest BCUT2D eigenvalue weighted by Gasteiger charge is -2.20. The van der Waals surface area contributed by atoms with Crippen LogP contribution in [-0.2, 0) is 12.4 Å². The van der Waals surface area contributed by atoms with Crippen molar-refractivity contribution in [2.45, 2.75) is 12.4 Å². The molecule has 2 aromatic carbocycles. The van der Waals surface area contributed by atoms with Gasteiger partial charge in [0.2, 0.25) is 0 Å². The lowest BCUT2D eigenvalue weighted by atomic mass is 9.94. The van der Waals surface area contributed by atoms with E-state index in [0.717, 1.165) is 30.3 Å². The zero-order valence-electron chi connectivity index (χ0n) is 12.3. The van der Waals surface area contributed by atoms with Crippen LogP contribution in [0.4, 0.5) is 32.0 Å². The second-order valence-electron chi connectivity index (χ2n) is 5.17. The van der Waals surface area contributed by atoms with Crippen LogP contribution in [0.15, 0.2) is 42.5 Å². The molecule has 2 rings (SSSR count).